The van der Waals surface area contributed by atoms with Gasteiger partial charge in [-0.15, -0.1) is 0 Å². The van der Waals surface area contributed by atoms with Crippen molar-refractivity contribution in [2.75, 3.05) is 0 Å². The van der Waals surface area contributed by atoms with E-state index >= 15 is 0 Å². The minimum absolute atomic E-state index is 0.111. The molecule has 3 aliphatic rings. The van der Waals surface area contributed by atoms with Crippen LogP contribution in [-0.2, 0) is 28.5 Å². The SMILES string of the molecule is CC1C=CC=CC=CC=CC=CCCCCC(OC2OC(O)C(O)C(N)C2O)CC2OC(O)(CC(O)CC(O)C(O)CCC(O)CC(O)CC(=O)OC(C)C(C)C1O)CC(O)C2C(=O)O. The number of nitrogens with two attached hydrogens (primary N) is 1. The molecular formula is C46H75NO18. The van der Waals surface area contributed by atoms with Gasteiger partial charge in [0.1, 0.15) is 24.2 Å². The summed E-state index contributed by atoms with van der Waals surface area (Å²) >= 11 is 0. The summed E-state index contributed by atoms with van der Waals surface area (Å²) in [6.07, 6.45) is -2.11. The second kappa shape index (κ2) is 27.8. The Hall–Kier alpha value is -2.96. The molecule has 3 aliphatic heterocycles. The lowest BCUT2D eigenvalue weighted by Crippen LogP contribution is -2.62. The van der Waals surface area contributed by atoms with Gasteiger partial charge in [0.25, 0.3) is 0 Å². The highest BCUT2D eigenvalue weighted by Gasteiger charge is 2.51. The molecule has 0 spiro atoms. The third-order valence-electron chi connectivity index (χ3n) is 12.3. The summed E-state index contributed by atoms with van der Waals surface area (Å²) < 4.78 is 22.7. The molecule has 19 atom stereocenters. The maximum Gasteiger partial charge on any atom is 0.311 e. The monoisotopic (exact) mass is 929 g/mol. The van der Waals surface area contributed by atoms with E-state index < -0.39 is 147 Å². The van der Waals surface area contributed by atoms with Crippen LogP contribution in [0.3, 0.4) is 0 Å². The van der Waals surface area contributed by atoms with E-state index in [4.69, 9.17) is 24.7 Å². The fourth-order valence-electron chi connectivity index (χ4n) is 8.25. The van der Waals surface area contributed by atoms with Gasteiger partial charge in [0.15, 0.2) is 18.4 Å². The van der Waals surface area contributed by atoms with Gasteiger partial charge in [-0.3, -0.25) is 9.59 Å². The fraction of sp³-hybridized carbons (Fsp3) is 0.739. The zero-order valence-corrected chi connectivity index (χ0v) is 37.5. The molecule has 3 heterocycles. The molecule has 19 heteroatoms. The Morgan fingerprint density at radius 1 is 0.723 bits per heavy atom. The number of aliphatic hydroxyl groups excluding tert-OH is 10. The van der Waals surface area contributed by atoms with Crippen molar-refractivity contribution in [2.45, 2.75) is 195 Å². The number of esters is 1. The lowest BCUT2D eigenvalue weighted by atomic mass is 9.82. The molecule has 0 radical (unpaired) electrons. The van der Waals surface area contributed by atoms with Crippen LogP contribution < -0.4 is 5.73 Å². The van der Waals surface area contributed by atoms with Crippen LogP contribution in [0.2, 0.25) is 0 Å². The number of carbonyl (C=O) groups excluding carboxylic acids is 1. The van der Waals surface area contributed by atoms with Crippen molar-refractivity contribution >= 4 is 11.9 Å². The van der Waals surface area contributed by atoms with Crippen molar-refractivity contribution in [3.63, 3.8) is 0 Å². The number of hydrogen-bond acceptors (Lipinski definition) is 18. The molecule has 0 aliphatic carbocycles. The fourth-order valence-corrected chi connectivity index (χ4v) is 8.25. The number of fused-ring (bicyclic) bond motifs is 2. The second-order valence-corrected chi connectivity index (χ2v) is 17.9. The summed E-state index contributed by atoms with van der Waals surface area (Å²) in [5, 5.41) is 128. The number of carbonyl (C=O) groups is 2. The van der Waals surface area contributed by atoms with Crippen LogP contribution in [0.1, 0.15) is 97.8 Å². The average Bonchev–Trinajstić information content (AvgIpc) is 3.21. The first kappa shape index (κ1) is 56.4. The Morgan fingerprint density at radius 3 is 2.03 bits per heavy atom. The first-order chi connectivity index (χ1) is 30.6. The highest BCUT2D eigenvalue weighted by molar-refractivity contribution is 5.71. The smallest absolute Gasteiger partial charge is 0.311 e. The highest BCUT2D eigenvalue weighted by atomic mass is 16.7. The predicted octanol–water partition coefficient (Wildman–Crippen LogP) is 0.0896. The number of aliphatic carboxylic acids is 1. The van der Waals surface area contributed by atoms with Crippen LogP contribution in [-0.4, -0.2) is 171 Å². The first-order valence-electron chi connectivity index (χ1n) is 22.6. The van der Waals surface area contributed by atoms with E-state index in [9.17, 15) is 70.9 Å². The van der Waals surface area contributed by atoms with E-state index in [0.29, 0.717) is 19.3 Å². The Kier molecular flexibility index (Phi) is 24.1. The molecule has 14 N–H and O–H groups in total. The van der Waals surface area contributed by atoms with Crippen molar-refractivity contribution in [2.24, 2.45) is 23.5 Å². The van der Waals surface area contributed by atoms with E-state index in [1.807, 2.05) is 55.5 Å². The van der Waals surface area contributed by atoms with Crippen LogP contribution in [0, 0.1) is 17.8 Å². The van der Waals surface area contributed by atoms with E-state index in [0.717, 1.165) is 0 Å². The number of aliphatic hydroxyl groups is 11. The predicted molar refractivity (Wildman–Crippen MR) is 234 cm³/mol. The average molecular weight is 930 g/mol. The Bertz CT molecular complexity index is 1580. The lowest BCUT2D eigenvalue weighted by Gasteiger charge is -2.45. The van der Waals surface area contributed by atoms with Crippen LogP contribution in [0.4, 0.5) is 0 Å². The molecule has 19 nitrogen and oxygen atoms in total. The van der Waals surface area contributed by atoms with Crippen molar-refractivity contribution in [1.29, 1.82) is 0 Å². The minimum atomic E-state index is -2.33. The van der Waals surface area contributed by atoms with E-state index in [-0.39, 0.29) is 38.0 Å². The van der Waals surface area contributed by atoms with Gasteiger partial charge in [-0.25, -0.2) is 0 Å². The van der Waals surface area contributed by atoms with Gasteiger partial charge in [-0.2, -0.15) is 0 Å². The standard InChI is InChI=1S/C46H75NO18/c1-26-16-14-12-10-8-6-4-5-7-9-11-13-15-17-32(63-45-42(57)39(47)41(56)44(60)64-45)23-36-38(43(58)59)35(53)25-46(61,65-36)24-31(50)21-34(52)33(51)19-18-29(48)20-30(49)22-37(54)62-28(3)27(2)40(26)55/h4-10,12,14,16,26-36,38-42,44-45,48-53,55-57,60-61H,11,13,15,17-25,47H2,1-3H3,(H,58,59). The number of cyclic esters (lactones) is 1. The zero-order chi connectivity index (χ0) is 48.4. The van der Waals surface area contributed by atoms with Gasteiger partial charge in [-0.05, 0) is 45.4 Å². The van der Waals surface area contributed by atoms with Gasteiger partial charge in [0, 0.05) is 37.5 Å². The maximum atomic E-state index is 12.6. The molecular weight excluding hydrogens is 854 g/mol. The largest absolute Gasteiger partial charge is 0.481 e. The quantitative estimate of drug-likeness (QED) is 0.167. The third kappa shape index (κ3) is 18.9. The van der Waals surface area contributed by atoms with Crippen LogP contribution in [0.5, 0.6) is 0 Å². The third-order valence-corrected chi connectivity index (χ3v) is 12.3. The van der Waals surface area contributed by atoms with Gasteiger partial charge >= 0.3 is 11.9 Å². The molecule has 19 unspecified atom stereocenters. The van der Waals surface area contributed by atoms with Crippen molar-refractivity contribution in [3.8, 4) is 0 Å². The van der Waals surface area contributed by atoms with Crippen molar-refractivity contribution < 1.29 is 89.8 Å². The van der Waals surface area contributed by atoms with Crippen molar-refractivity contribution in [1.82, 2.24) is 0 Å². The number of carboxylic acids is 1. The summed E-state index contributed by atoms with van der Waals surface area (Å²) in [6.45, 7) is 5.21. The van der Waals surface area contributed by atoms with Crippen LogP contribution in [0.15, 0.2) is 60.8 Å². The molecule has 0 aromatic rings. The number of ether oxygens (including phenoxy) is 4. The molecule has 65 heavy (non-hydrogen) atoms. The van der Waals surface area contributed by atoms with E-state index in [1.165, 1.54) is 0 Å². The highest BCUT2D eigenvalue weighted by Crippen LogP contribution is 2.38. The summed E-state index contributed by atoms with van der Waals surface area (Å²) in [5.41, 5.74) is 5.89. The molecule has 0 aromatic heterocycles. The lowest BCUT2D eigenvalue weighted by molar-refractivity contribution is -0.335. The Balaban J connectivity index is 1.80. The summed E-state index contributed by atoms with van der Waals surface area (Å²) in [7, 11) is 0. The summed E-state index contributed by atoms with van der Waals surface area (Å²) in [5.74, 6) is -6.83. The molecule has 2 bridgehead atoms. The second-order valence-electron chi connectivity index (χ2n) is 17.9. The topological polar surface area (TPSA) is 340 Å². The number of carboxylic acid groups (broad SMARTS) is 1. The molecule has 3 rings (SSSR count). The molecule has 0 amide bonds. The number of allylic oxidation sites excluding steroid dienone is 9. The Morgan fingerprint density at radius 2 is 1.37 bits per heavy atom. The van der Waals surface area contributed by atoms with Crippen LogP contribution >= 0.6 is 0 Å². The van der Waals surface area contributed by atoms with E-state index in [1.54, 1.807) is 26.0 Å². The number of hydrogen-bond donors (Lipinski definition) is 13. The van der Waals surface area contributed by atoms with Crippen LogP contribution in [0.25, 0.3) is 0 Å². The molecule has 372 valence electrons. The minimum Gasteiger partial charge on any atom is -0.481 e. The van der Waals surface area contributed by atoms with Gasteiger partial charge < -0.3 is 86.0 Å². The maximum absolute atomic E-state index is 12.6. The summed E-state index contributed by atoms with van der Waals surface area (Å²) in [6, 6.07) is -1.36. The molecule has 0 saturated carbocycles. The van der Waals surface area contributed by atoms with Gasteiger partial charge in [0.05, 0.1) is 67.4 Å². The first-order valence-corrected chi connectivity index (χ1v) is 22.6. The van der Waals surface area contributed by atoms with Crippen molar-refractivity contribution in [3.05, 3.63) is 60.8 Å². The number of rotatable bonds is 3. The van der Waals surface area contributed by atoms with Gasteiger partial charge in [0.2, 0.25) is 0 Å². The molecule has 2 fully saturated rings. The molecule has 2 saturated heterocycles. The Labute approximate surface area is 380 Å². The normalized spacial score (nSPS) is 42.5. The van der Waals surface area contributed by atoms with E-state index in [2.05, 4.69) is 0 Å². The molecule has 0 aromatic carbocycles. The summed E-state index contributed by atoms with van der Waals surface area (Å²) in [4.78, 5) is 25.1. The zero-order valence-electron chi connectivity index (χ0n) is 37.5. The van der Waals surface area contributed by atoms with Gasteiger partial charge in [-0.1, -0.05) is 81.0 Å².